The first kappa shape index (κ1) is 19.1. The van der Waals surface area contributed by atoms with Crippen molar-refractivity contribution in [1.29, 1.82) is 0 Å². The highest BCUT2D eigenvalue weighted by Crippen LogP contribution is 2.36. The van der Waals surface area contributed by atoms with E-state index in [0.29, 0.717) is 26.1 Å². The van der Waals surface area contributed by atoms with Crippen LogP contribution in [0.25, 0.3) is 0 Å². The molecular formula is C22H25FN2O3. The topological polar surface area (TPSA) is 61.8 Å². The molecule has 2 aromatic carbocycles. The van der Waals surface area contributed by atoms with Crippen LogP contribution in [0.3, 0.4) is 0 Å². The molecule has 1 saturated heterocycles. The number of halogens is 1. The first-order chi connectivity index (χ1) is 13.7. The minimum atomic E-state index is -0.496. The number of ether oxygens (including phenoxy) is 1. The van der Waals surface area contributed by atoms with Crippen LogP contribution in [0.15, 0.2) is 48.5 Å². The molecule has 1 amide bonds. The van der Waals surface area contributed by atoms with Crippen LogP contribution in [0, 0.1) is 5.82 Å². The van der Waals surface area contributed by atoms with Crippen molar-refractivity contribution in [3.05, 3.63) is 71.0 Å². The van der Waals surface area contributed by atoms with Gasteiger partial charge in [-0.05, 0) is 35.2 Å². The molecule has 0 aliphatic carbocycles. The van der Waals surface area contributed by atoms with Crippen LogP contribution in [0.4, 0.5) is 4.39 Å². The van der Waals surface area contributed by atoms with Gasteiger partial charge >= 0.3 is 0 Å². The fraction of sp³-hybridized carbons (Fsp3) is 0.409. The zero-order chi connectivity index (χ0) is 19.5. The van der Waals surface area contributed by atoms with E-state index in [1.165, 1.54) is 17.7 Å². The van der Waals surface area contributed by atoms with E-state index in [0.717, 1.165) is 17.5 Å². The second-order valence-corrected chi connectivity index (χ2v) is 7.37. The Balaban J connectivity index is 1.60. The first-order valence-corrected chi connectivity index (χ1v) is 9.77. The van der Waals surface area contributed by atoms with Gasteiger partial charge in [0, 0.05) is 25.6 Å². The van der Waals surface area contributed by atoms with E-state index < -0.39 is 6.10 Å². The second kappa shape index (κ2) is 8.39. The summed E-state index contributed by atoms with van der Waals surface area (Å²) in [5.41, 5.74) is 3.20. The third-order valence-electron chi connectivity index (χ3n) is 5.57. The third-order valence-corrected chi connectivity index (χ3v) is 5.57. The van der Waals surface area contributed by atoms with Crippen LogP contribution in [0.2, 0.25) is 0 Å². The van der Waals surface area contributed by atoms with Crippen LogP contribution in [0.5, 0.6) is 0 Å². The van der Waals surface area contributed by atoms with Gasteiger partial charge in [0.1, 0.15) is 11.9 Å². The average Bonchev–Trinajstić information content (AvgIpc) is 3.20. The van der Waals surface area contributed by atoms with E-state index in [9.17, 15) is 9.18 Å². The number of carbonyl (C=O) groups is 1. The number of hydrogen-bond donors (Lipinski definition) is 2. The summed E-state index contributed by atoms with van der Waals surface area (Å²) in [6.45, 7) is 1.61. The highest BCUT2D eigenvalue weighted by molar-refractivity contribution is 5.82. The van der Waals surface area contributed by atoms with Gasteiger partial charge in [-0.3, -0.25) is 4.79 Å². The van der Waals surface area contributed by atoms with Gasteiger partial charge in [-0.25, -0.2) is 4.39 Å². The Morgan fingerprint density at radius 2 is 2.00 bits per heavy atom. The lowest BCUT2D eigenvalue weighted by atomic mass is 9.87. The summed E-state index contributed by atoms with van der Waals surface area (Å²) >= 11 is 0. The number of amides is 1. The summed E-state index contributed by atoms with van der Waals surface area (Å²) in [4.78, 5) is 15.2. The van der Waals surface area contributed by atoms with Crippen LogP contribution in [0.1, 0.15) is 29.2 Å². The van der Waals surface area contributed by atoms with Gasteiger partial charge in [-0.2, -0.15) is 0 Å². The van der Waals surface area contributed by atoms with Gasteiger partial charge in [0.15, 0.2) is 0 Å². The summed E-state index contributed by atoms with van der Waals surface area (Å²) in [6, 6.07) is 14.3. The average molecular weight is 384 g/mol. The predicted octanol–water partition coefficient (Wildman–Crippen LogP) is 2.04. The van der Waals surface area contributed by atoms with E-state index in [2.05, 4.69) is 11.4 Å². The van der Waals surface area contributed by atoms with Gasteiger partial charge in [0.05, 0.1) is 19.3 Å². The van der Waals surface area contributed by atoms with Gasteiger partial charge in [-0.15, -0.1) is 0 Å². The smallest absolute Gasteiger partial charge is 0.252 e. The largest absolute Gasteiger partial charge is 0.395 e. The molecule has 4 rings (SSSR count). The number of fused-ring (bicyclic) bond motifs is 1. The maximum atomic E-state index is 13.5. The summed E-state index contributed by atoms with van der Waals surface area (Å²) < 4.78 is 19.2. The normalized spacial score (nSPS) is 24.2. The van der Waals surface area contributed by atoms with Gasteiger partial charge in [-0.1, -0.05) is 36.4 Å². The van der Waals surface area contributed by atoms with Crippen LogP contribution >= 0.6 is 0 Å². The molecule has 0 bridgehead atoms. The molecule has 0 aromatic heterocycles. The molecule has 2 N–H and O–H groups in total. The number of carbonyl (C=O) groups excluding carboxylic acids is 1. The van der Waals surface area contributed by atoms with Crippen molar-refractivity contribution in [2.24, 2.45) is 0 Å². The monoisotopic (exact) mass is 384 g/mol. The molecule has 6 heteroatoms. The van der Waals surface area contributed by atoms with Crippen molar-refractivity contribution >= 4 is 5.91 Å². The molecule has 148 valence electrons. The van der Waals surface area contributed by atoms with Crippen molar-refractivity contribution < 1.29 is 19.0 Å². The lowest BCUT2D eigenvalue weighted by Gasteiger charge is -2.39. The molecule has 2 aliphatic rings. The van der Waals surface area contributed by atoms with E-state index in [4.69, 9.17) is 9.84 Å². The number of hydrogen-bond acceptors (Lipinski definition) is 4. The molecule has 5 nitrogen and oxygen atoms in total. The molecule has 28 heavy (non-hydrogen) atoms. The zero-order valence-electron chi connectivity index (χ0n) is 15.7. The Kier molecular flexibility index (Phi) is 5.71. The van der Waals surface area contributed by atoms with E-state index >= 15 is 0 Å². The Hall–Kier alpha value is -2.28. The van der Waals surface area contributed by atoms with Crippen molar-refractivity contribution in [3.63, 3.8) is 0 Å². The maximum absolute atomic E-state index is 13.5. The Labute approximate surface area is 164 Å². The molecule has 2 aromatic rings. The van der Waals surface area contributed by atoms with Gasteiger partial charge in [0.25, 0.3) is 5.91 Å². The molecule has 0 radical (unpaired) electrons. The molecule has 0 unspecified atom stereocenters. The number of aliphatic hydroxyl groups is 1. The van der Waals surface area contributed by atoms with Crippen LogP contribution in [-0.2, 0) is 16.0 Å². The minimum absolute atomic E-state index is 0.0304. The first-order valence-electron chi connectivity index (χ1n) is 9.77. The van der Waals surface area contributed by atoms with E-state index in [1.807, 2.05) is 23.1 Å². The SMILES string of the molecule is O=C([C@H]1C[C@H](NCCO)CO1)N1CCc2ccccc2[C@@H]1c1ccc(F)cc1. The molecular weight excluding hydrogens is 359 g/mol. The molecule has 0 saturated carbocycles. The van der Waals surface area contributed by atoms with Gasteiger partial charge in [0.2, 0.25) is 0 Å². The summed E-state index contributed by atoms with van der Waals surface area (Å²) in [5.74, 6) is -0.320. The van der Waals surface area contributed by atoms with Crippen molar-refractivity contribution in [3.8, 4) is 0 Å². The molecule has 0 spiro atoms. The number of aliphatic hydroxyl groups excluding tert-OH is 1. The summed E-state index contributed by atoms with van der Waals surface area (Å²) in [6.07, 6.45) is 0.885. The Morgan fingerprint density at radius 1 is 1.21 bits per heavy atom. The standard InChI is InChI=1S/C22H25FN2O3/c23-17-7-5-16(6-8-17)21-19-4-2-1-3-15(19)9-11-25(21)22(27)20-13-18(14-28-20)24-10-12-26/h1-8,18,20-21,24,26H,9-14H2/t18-,20+,21-/m0/s1. The fourth-order valence-electron chi connectivity index (χ4n) is 4.20. The summed E-state index contributed by atoms with van der Waals surface area (Å²) in [5, 5.41) is 12.2. The number of nitrogens with zero attached hydrogens (tertiary/aromatic N) is 1. The predicted molar refractivity (Wildman–Crippen MR) is 103 cm³/mol. The minimum Gasteiger partial charge on any atom is -0.395 e. The number of nitrogens with one attached hydrogen (secondary N) is 1. The second-order valence-electron chi connectivity index (χ2n) is 7.37. The maximum Gasteiger partial charge on any atom is 0.252 e. The van der Waals surface area contributed by atoms with Crippen LogP contribution < -0.4 is 5.32 Å². The van der Waals surface area contributed by atoms with Crippen molar-refractivity contribution in [2.75, 3.05) is 26.3 Å². The van der Waals surface area contributed by atoms with Crippen LogP contribution in [-0.4, -0.2) is 54.4 Å². The molecule has 2 heterocycles. The lowest BCUT2D eigenvalue weighted by Crippen LogP contribution is -2.45. The van der Waals surface area contributed by atoms with E-state index in [-0.39, 0.29) is 30.4 Å². The highest BCUT2D eigenvalue weighted by Gasteiger charge is 2.39. The summed E-state index contributed by atoms with van der Waals surface area (Å²) in [7, 11) is 0. The highest BCUT2D eigenvalue weighted by atomic mass is 19.1. The van der Waals surface area contributed by atoms with Crippen molar-refractivity contribution in [1.82, 2.24) is 10.2 Å². The molecule has 1 fully saturated rings. The Bertz CT molecular complexity index is 827. The number of rotatable bonds is 5. The zero-order valence-corrected chi connectivity index (χ0v) is 15.7. The van der Waals surface area contributed by atoms with Gasteiger partial charge < -0.3 is 20.1 Å². The number of benzene rings is 2. The third kappa shape index (κ3) is 3.81. The quantitative estimate of drug-likeness (QED) is 0.828. The molecule has 3 atom stereocenters. The Morgan fingerprint density at radius 3 is 2.79 bits per heavy atom. The van der Waals surface area contributed by atoms with Crippen molar-refractivity contribution in [2.45, 2.75) is 31.0 Å². The fourth-order valence-corrected chi connectivity index (χ4v) is 4.20. The van der Waals surface area contributed by atoms with E-state index in [1.54, 1.807) is 12.1 Å². The molecule has 2 aliphatic heterocycles. The lowest BCUT2D eigenvalue weighted by molar-refractivity contribution is -0.143.